The van der Waals surface area contributed by atoms with Crippen LogP contribution < -0.4 is 10.1 Å². The van der Waals surface area contributed by atoms with E-state index < -0.39 is 0 Å². The molecule has 1 unspecified atom stereocenters. The lowest BCUT2D eigenvalue weighted by atomic mass is 9.97. The number of hydrogen-bond donors (Lipinski definition) is 1. The third-order valence-electron chi connectivity index (χ3n) is 3.60. The highest BCUT2D eigenvalue weighted by atomic mass is 16.5. The number of hydrogen-bond acceptors (Lipinski definition) is 3. The summed E-state index contributed by atoms with van der Waals surface area (Å²) < 4.78 is 5.43. The first kappa shape index (κ1) is 15.5. The highest BCUT2D eigenvalue weighted by Gasteiger charge is 2.18. The van der Waals surface area contributed by atoms with Crippen LogP contribution in [0.15, 0.2) is 42.6 Å². The molecule has 1 aromatic carbocycles. The van der Waals surface area contributed by atoms with Gasteiger partial charge >= 0.3 is 0 Å². The van der Waals surface area contributed by atoms with Gasteiger partial charge < -0.3 is 10.1 Å². The van der Waals surface area contributed by atoms with Crippen LogP contribution in [0.25, 0.3) is 0 Å². The molecule has 0 amide bonds. The van der Waals surface area contributed by atoms with Gasteiger partial charge in [0.1, 0.15) is 0 Å². The second-order valence-corrected chi connectivity index (χ2v) is 5.09. The highest BCUT2D eigenvalue weighted by molar-refractivity contribution is 5.38. The molecule has 0 aliphatic carbocycles. The van der Waals surface area contributed by atoms with Gasteiger partial charge in [0.25, 0.3) is 0 Å². The van der Waals surface area contributed by atoms with E-state index in [0.29, 0.717) is 5.88 Å². The molecule has 0 radical (unpaired) electrons. The van der Waals surface area contributed by atoms with Crippen LogP contribution in [0.4, 0.5) is 0 Å². The van der Waals surface area contributed by atoms with Gasteiger partial charge in [-0.1, -0.05) is 44.2 Å². The summed E-state index contributed by atoms with van der Waals surface area (Å²) in [6.07, 6.45) is 3.90. The number of benzene rings is 1. The van der Waals surface area contributed by atoms with Crippen molar-refractivity contribution in [3.63, 3.8) is 0 Å². The monoisotopic (exact) mass is 284 g/mol. The third kappa shape index (κ3) is 3.82. The Hall–Kier alpha value is -1.87. The van der Waals surface area contributed by atoms with Crippen molar-refractivity contribution in [3.8, 4) is 5.88 Å². The number of methoxy groups -OCH3 is 1. The van der Waals surface area contributed by atoms with Gasteiger partial charge in [-0.2, -0.15) is 0 Å². The van der Waals surface area contributed by atoms with Gasteiger partial charge in [-0.25, -0.2) is 4.98 Å². The molecular formula is C18H24N2O. The first-order chi connectivity index (χ1) is 10.3. The van der Waals surface area contributed by atoms with Gasteiger partial charge in [0.05, 0.1) is 13.2 Å². The summed E-state index contributed by atoms with van der Waals surface area (Å²) in [4.78, 5) is 4.33. The van der Waals surface area contributed by atoms with E-state index in [1.807, 2.05) is 6.07 Å². The molecule has 1 atom stereocenters. The molecule has 3 nitrogen and oxygen atoms in total. The maximum atomic E-state index is 5.43. The molecule has 0 aliphatic heterocycles. The van der Waals surface area contributed by atoms with Crippen LogP contribution in [0.1, 0.15) is 43.0 Å². The Morgan fingerprint density at radius 2 is 2.05 bits per heavy atom. The number of pyridine rings is 1. The van der Waals surface area contributed by atoms with Gasteiger partial charge in [-0.3, -0.25) is 0 Å². The van der Waals surface area contributed by atoms with Crippen LogP contribution in [-0.4, -0.2) is 18.6 Å². The minimum atomic E-state index is 0.111. The molecule has 2 rings (SSSR count). The Morgan fingerprint density at radius 3 is 2.76 bits per heavy atom. The highest BCUT2D eigenvalue weighted by Crippen LogP contribution is 2.28. The summed E-state index contributed by atoms with van der Waals surface area (Å²) in [7, 11) is 1.67. The number of aromatic nitrogens is 1. The van der Waals surface area contributed by atoms with E-state index in [9.17, 15) is 0 Å². The predicted octanol–water partition coefficient (Wildman–Crippen LogP) is 3.74. The lowest BCUT2D eigenvalue weighted by molar-refractivity contribution is 0.387. The zero-order valence-electron chi connectivity index (χ0n) is 13.1. The second kappa shape index (κ2) is 7.79. The number of ether oxygens (including phenoxy) is 1. The van der Waals surface area contributed by atoms with Crippen LogP contribution >= 0.6 is 0 Å². The smallest absolute Gasteiger partial charge is 0.218 e. The number of aryl methyl sites for hydroxylation is 1. The first-order valence-corrected chi connectivity index (χ1v) is 7.61. The minimum absolute atomic E-state index is 0.111. The Balaban J connectivity index is 2.41. The predicted molar refractivity (Wildman–Crippen MR) is 86.7 cm³/mol. The Kier molecular flexibility index (Phi) is 5.76. The minimum Gasteiger partial charge on any atom is -0.481 e. The molecule has 1 aromatic heterocycles. The van der Waals surface area contributed by atoms with E-state index in [-0.39, 0.29) is 6.04 Å². The normalized spacial score (nSPS) is 12.1. The topological polar surface area (TPSA) is 34.2 Å². The number of rotatable bonds is 7. The molecule has 0 aliphatic rings. The molecule has 112 valence electrons. The zero-order chi connectivity index (χ0) is 15.1. The third-order valence-corrected chi connectivity index (χ3v) is 3.60. The first-order valence-electron chi connectivity index (χ1n) is 7.61. The van der Waals surface area contributed by atoms with Crippen LogP contribution in [0.5, 0.6) is 5.88 Å². The van der Waals surface area contributed by atoms with Gasteiger partial charge in [0.15, 0.2) is 0 Å². The van der Waals surface area contributed by atoms with Gasteiger partial charge in [0.2, 0.25) is 5.88 Å². The average Bonchev–Trinajstić information content (AvgIpc) is 2.56. The molecule has 0 bridgehead atoms. The summed E-state index contributed by atoms with van der Waals surface area (Å²) in [5.74, 6) is 0.688. The number of nitrogens with one attached hydrogen (secondary N) is 1. The molecular weight excluding hydrogens is 260 g/mol. The van der Waals surface area contributed by atoms with E-state index >= 15 is 0 Å². The van der Waals surface area contributed by atoms with Gasteiger partial charge in [0, 0.05) is 11.8 Å². The zero-order valence-corrected chi connectivity index (χ0v) is 13.1. The lowest BCUT2D eigenvalue weighted by Crippen LogP contribution is -2.24. The second-order valence-electron chi connectivity index (χ2n) is 5.09. The molecule has 0 spiro atoms. The van der Waals surface area contributed by atoms with E-state index in [4.69, 9.17) is 4.74 Å². The SMILES string of the molecule is CCCNC(c1cccc(CC)c1)c1cccnc1OC. The summed E-state index contributed by atoms with van der Waals surface area (Å²) >= 11 is 0. The molecule has 0 saturated carbocycles. The van der Waals surface area contributed by atoms with Crippen LogP contribution in [0.2, 0.25) is 0 Å². The molecule has 0 saturated heterocycles. The van der Waals surface area contributed by atoms with Crippen LogP contribution in [0.3, 0.4) is 0 Å². The van der Waals surface area contributed by atoms with Crippen molar-refractivity contribution in [2.24, 2.45) is 0 Å². The Morgan fingerprint density at radius 1 is 1.19 bits per heavy atom. The Labute approximate surface area is 127 Å². The van der Waals surface area contributed by atoms with Crippen molar-refractivity contribution in [1.29, 1.82) is 0 Å². The van der Waals surface area contributed by atoms with Crippen molar-refractivity contribution >= 4 is 0 Å². The molecule has 1 N–H and O–H groups in total. The lowest BCUT2D eigenvalue weighted by Gasteiger charge is -2.21. The van der Waals surface area contributed by atoms with Crippen molar-refractivity contribution in [2.45, 2.75) is 32.7 Å². The summed E-state index contributed by atoms with van der Waals surface area (Å²) in [5.41, 5.74) is 3.69. The largest absolute Gasteiger partial charge is 0.481 e. The van der Waals surface area contributed by atoms with Crippen molar-refractivity contribution < 1.29 is 4.74 Å². The van der Waals surface area contributed by atoms with Crippen LogP contribution in [0, 0.1) is 0 Å². The van der Waals surface area contributed by atoms with Crippen LogP contribution in [-0.2, 0) is 6.42 Å². The Bertz CT molecular complexity index is 569. The fraction of sp³-hybridized carbons (Fsp3) is 0.389. The summed E-state index contributed by atoms with van der Waals surface area (Å²) in [5, 5.41) is 3.61. The maximum absolute atomic E-state index is 5.43. The quantitative estimate of drug-likeness (QED) is 0.841. The molecule has 2 aromatic rings. The standard InChI is InChI=1S/C18H24N2O/c1-4-11-19-17(15-9-6-8-14(5-2)13-15)16-10-7-12-20-18(16)21-3/h6-10,12-13,17,19H,4-5,11H2,1-3H3. The fourth-order valence-electron chi connectivity index (χ4n) is 2.48. The molecule has 3 heteroatoms. The van der Waals surface area contributed by atoms with E-state index in [1.165, 1.54) is 11.1 Å². The van der Waals surface area contributed by atoms with E-state index in [1.54, 1.807) is 13.3 Å². The molecule has 1 heterocycles. The van der Waals surface area contributed by atoms with Gasteiger partial charge in [-0.15, -0.1) is 0 Å². The van der Waals surface area contributed by atoms with E-state index in [2.05, 4.69) is 54.5 Å². The molecule has 0 fully saturated rings. The van der Waals surface area contributed by atoms with Crippen molar-refractivity contribution in [3.05, 3.63) is 59.3 Å². The van der Waals surface area contributed by atoms with Crippen molar-refractivity contribution in [2.75, 3.05) is 13.7 Å². The van der Waals surface area contributed by atoms with E-state index in [0.717, 1.165) is 24.9 Å². The average molecular weight is 284 g/mol. The van der Waals surface area contributed by atoms with Crippen molar-refractivity contribution in [1.82, 2.24) is 10.3 Å². The number of nitrogens with zero attached hydrogens (tertiary/aromatic N) is 1. The summed E-state index contributed by atoms with van der Waals surface area (Å²) in [6, 6.07) is 12.9. The maximum Gasteiger partial charge on any atom is 0.218 e. The van der Waals surface area contributed by atoms with Gasteiger partial charge in [-0.05, 0) is 36.6 Å². The molecule has 21 heavy (non-hydrogen) atoms. The fourth-order valence-corrected chi connectivity index (χ4v) is 2.48. The summed E-state index contributed by atoms with van der Waals surface area (Å²) in [6.45, 7) is 5.31.